The highest BCUT2D eigenvalue weighted by atomic mass is 13.3. The van der Waals surface area contributed by atoms with Gasteiger partial charge < -0.3 is 0 Å². The molecule has 0 N–H and O–H groups in total. The van der Waals surface area contributed by atoms with Crippen LogP contribution in [0.25, 0.3) is 0 Å². The minimum absolute atomic E-state index is 0.898. The van der Waals surface area contributed by atoms with Crippen LogP contribution in [-0.2, 0) is 0 Å². The van der Waals surface area contributed by atoms with E-state index in [1.54, 1.807) is 0 Å². The molecule has 0 unspecified atom stereocenters. The van der Waals surface area contributed by atoms with Gasteiger partial charge in [0, 0.05) is 0 Å². The van der Waals surface area contributed by atoms with Gasteiger partial charge in [0.05, 0.1) is 14.3 Å². The minimum atomic E-state index is 0.898. The van der Waals surface area contributed by atoms with Crippen LogP contribution in [0.3, 0.4) is 0 Å². The lowest BCUT2D eigenvalue weighted by Gasteiger charge is -1.89. The van der Waals surface area contributed by atoms with E-state index in [9.17, 15) is 0 Å². The second kappa shape index (κ2) is 3.39. The molecule has 32 valence electrons. The molecular formula is C3H11B3. The number of hydrogen-bond acceptors (Lipinski definition) is 0. The van der Waals surface area contributed by atoms with Crippen molar-refractivity contribution >= 4 is 21.6 Å². The van der Waals surface area contributed by atoms with Crippen molar-refractivity contribution in [3.63, 3.8) is 0 Å². The molecular weight excluding hydrogens is 68.5 g/mol. The molecule has 0 saturated heterocycles. The molecule has 0 radical (unpaired) electrons. The number of hydrogen-bond donors (Lipinski definition) is 0. The third-order valence-corrected chi connectivity index (χ3v) is 0.866. The lowest BCUT2D eigenvalue weighted by Crippen LogP contribution is -2.07. The van der Waals surface area contributed by atoms with E-state index in [0.29, 0.717) is 0 Å². The maximum atomic E-state index is 2.25. The molecule has 0 bridgehead atoms. The topological polar surface area (TPSA) is 0 Å². The molecule has 0 fully saturated rings. The Balaban J connectivity index is 2.63. The van der Waals surface area contributed by atoms with Crippen molar-refractivity contribution in [3.05, 3.63) is 0 Å². The molecule has 0 amide bonds. The largest absolute Gasteiger partial charge is 0.109 e. The first kappa shape index (κ1) is 6.19. The Morgan fingerprint density at radius 2 is 2.33 bits per heavy atom. The fourth-order valence-electron chi connectivity index (χ4n) is 0.577. The Hall–Kier alpha value is 0.195. The SMILES string of the molecule is BB(C)CBC. The van der Waals surface area contributed by atoms with Crippen molar-refractivity contribution in [2.75, 3.05) is 0 Å². The predicted molar refractivity (Wildman–Crippen MR) is 38.0 cm³/mol. The maximum Gasteiger partial charge on any atom is 0.109 e. The van der Waals surface area contributed by atoms with Crippen molar-refractivity contribution in [2.24, 2.45) is 0 Å². The van der Waals surface area contributed by atoms with Crippen molar-refractivity contribution in [1.29, 1.82) is 0 Å². The van der Waals surface area contributed by atoms with Crippen LogP contribution in [0.15, 0.2) is 0 Å². The van der Waals surface area contributed by atoms with E-state index in [1.165, 1.54) is 13.5 Å². The average molecular weight is 79.6 g/mol. The fraction of sp³-hybridized carbons (Fsp3) is 1.00. The van der Waals surface area contributed by atoms with Gasteiger partial charge in [-0.3, -0.25) is 0 Å². The molecule has 0 rings (SSSR count). The van der Waals surface area contributed by atoms with Crippen LogP contribution < -0.4 is 0 Å². The van der Waals surface area contributed by atoms with Crippen LogP contribution in [0.4, 0.5) is 0 Å². The first-order valence-electron chi connectivity index (χ1n) is 2.77. The summed E-state index contributed by atoms with van der Waals surface area (Å²) in [5.74, 6) is 0. The molecule has 0 saturated carbocycles. The van der Waals surface area contributed by atoms with Crippen molar-refractivity contribution in [3.8, 4) is 0 Å². The maximum absolute atomic E-state index is 2.25. The summed E-state index contributed by atoms with van der Waals surface area (Å²) in [6.45, 7) is 5.37. The third kappa shape index (κ3) is 4.19. The minimum Gasteiger partial charge on any atom is -0.105 e. The Bertz CT molecular complexity index is 27.2. The molecule has 0 aliphatic rings. The quantitative estimate of drug-likeness (QED) is 0.398. The van der Waals surface area contributed by atoms with Gasteiger partial charge in [0.1, 0.15) is 7.28 Å². The zero-order valence-corrected chi connectivity index (χ0v) is 4.99. The van der Waals surface area contributed by atoms with Crippen LogP contribution in [0, 0.1) is 0 Å². The standard InChI is InChI=1S/C3H11B3/c1-5-3-6(2)4/h5H,3-4H2,1-2H3. The highest BCUT2D eigenvalue weighted by Gasteiger charge is 1.92. The molecule has 0 aromatic heterocycles. The zero-order valence-electron chi connectivity index (χ0n) is 4.99. The summed E-state index contributed by atoms with van der Waals surface area (Å²) in [6, 6.07) is 0. The van der Waals surface area contributed by atoms with Gasteiger partial charge in [-0.05, 0) is 0 Å². The summed E-state index contributed by atoms with van der Waals surface area (Å²) in [6.07, 6.45) is 1.38. The summed E-state index contributed by atoms with van der Waals surface area (Å²) >= 11 is 0. The van der Waals surface area contributed by atoms with E-state index in [4.69, 9.17) is 0 Å². The van der Waals surface area contributed by atoms with Gasteiger partial charge in [-0.25, -0.2) is 0 Å². The summed E-state index contributed by atoms with van der Waals surface area (Å²) in [4.78, 5) is 0. The fourth-order valence-corrected chi connectivity index (χ4v) is 0.577. The van der Waals surface area contributed by atoms with E-state index < -0.39 is 0 Å². The van der Waals surface area contributed by atoms with Gasteiger partial charge in [0.2, 0.25) is 0 Å². The van der Waals surface area contributed by atoms with Gasteiger partial charge in [-0.1, -0.05) is 13.6 Å². The molecule has 0 nitrogen and oxygen atoms in total. The van der Waals surface area contributed by atoms with Crippen LogP contribution in [-0.4, -0.2) is 21.6 Å². The Labute approximate surface area is 42.4 Å². The zero-order chi connectivity index (χ0) is 4.99. The van der Waals surface area contributed by atoms with Crippen LogP contribution in [0.5, 0.6) is 0 Å². The lowest BCUT2D eigenvalue weighted by molar-refractivity contribution is 1.89. The van der Waals surface area contributed by atoms with E-state index in [1.807, 2.05) is 0 Å². The molecule has 0 aliphatic heterocycles. The molecule has 3 heteroatoms. The first-order valence-corrected chi connectivity index (χ1v) is 2.77. The lowest BCUT2D eigenvalue weighted by atomic mass is 9.27. The molecule has 0 heterocycles. The van der Waals surface area contributed by atoms with Crippen molar-refractivity contribution in [1.82, 2.24) is 0 Å². The van der Waals surface area contributed by atoms with Gasteiger partial charge in [0.15, 0.2) is 0 Å². The van der Waals surface area contributed by atoms with Crippen LogP contribution in [0.2, 0.25) is 19.9 Å². The van der Waals surface area contributed by atoms with Gasteiger partial charge in [0.25, 0.3) is 0 Å². The Morgan fingerprint density at radius 3 is 2.33 bits per heavy atom. The third-order valence-electron chi connectivity index (χ3n) is 0.866. The first-order chi connectivity index (χ1) is 2.77. The monoisotopic (exact) mass is 80.1 g/mol. The van der Waals surface area contributed by atoms with Crippen LogP contribution >= 0.6 is 0 Å². The van der Waals surface area contributed by atoms with Crippen molar-refractivity contribution in [2.45, 2.75) is 19.9 Å². The molecule has 0 spiro atoms. The van der Waals surface area contributed by atoms with E-state index in [0.717, 1.165) is 6.60 Å². The van der Waals surface area contributed by atoms with Gasteiger partial charge in [-0.15, -0.1) is 6.22 Å². The Kier molecular flexibility index (Phi) is 3.50. The summed E-state index contributed by atoms with van der Waals surface area (Å²) in [5, 5.41) is 0. The summed E-state index contributed by atoms with van der Waals surface area (Å²) in [7, 11) is 3.58. The second-order valence-corrected chi connectivity index (χ2v) is 2.18. The highest BCUT2D eigenvalue weighted by Crippen LogP contribution is 1.79. The normalized spacial score (nSPS) is 7.67. The Morgan fingerprint density at radius 1 is 1.83 bits per heavy atom. The highest BCUT2D eigenvalue weighted by molar-refractivity contribution is 7.05. The van der Waals surface area contributed by atoms with Crippen molar-refractivity contribution < 1.29 is 0 Å². The van der Waals surface area contributed by atoms with E-state index in [-0.39, 0.29) is 0 Å². The molecule has 0 aromatic rings. The smallest absolute Gasteiger partial charge is 0.105 e. The molecule has 0 atom stereocenters. The summed E-state index contributed by atoms with van der Waals surface area (Å²) < 4.78 is 0. The van der Waals surface area contributed by atoms with E-state index in [2.05, 4.69) is 21.4 Å². The summed E-state index contributed by atoms with van der Waals surface area (Å²) in [5.41, 5.74) is 0. The van der Waals surface area contributed by atoms with Gasteiger partial charge >= 0.3 is 0 Å². The second-order valence-electron chi connectivity index (χ2n) is 2.18. The predicted octanol–water partition coefficient (Wildman–Crippen LogP) is -0.317. The van der Waals surface area contributed by atoms with Crippen LogP contribution in [0.1, 0.15) is 0 Å². The molecule has 0 aromatic carbocycles. The number of rotatable bonds is 2. The average Bonchev–Trinajstić information content (AvgIpc) is 1.35. The van der Waals surface area contributed by atoms with E-state index >= 15 is 0 Å². The molecule has 6 heavy (non-hydrogen) atoms. The molecule has 0 aliphatic carbocycles. The van der Waals surface area contributed by atoms with Gasteiger partial charge in [-0.2, -0.15) is 0 Å².